The van der Waals surface area contributed by atoms with Crippen molar-refractivity contribution in [1.29, 1.82) is 0 Å². The van der Waals surface area contributed by atoms with E-state index in [-0.39, 0.29) is 0 Å². The highest BCUT2D eigenvalue weighted by molar-refractivity contribution is 5.11. The summed E-state index contributed by atoms with van der Waals surface area (Å²) >= 11 is 0. The van der Waals surface area contributed by atoms with Gasteiger partial charge in [0.05, 0.1) is 0 Å². The summed E-state index contributed by atoms with van der Waals surface area (Å²) < 4.78 is 0. The zero-order valence-electron chi connectivity index (χ0n) is 9.20. The molecule has 0 saturated carbocycles. The quantitative estimate of drug-likeness (QED) is 0.792. The van der Waals surface area contributed by atoms with Crippen molar-refractivity contribution < 1.29 is 0 Å². The predicted molar refractivity (Wildman–Crippen MR) is 58.0 cm³/mol. The average Bonchev–Trinajstić information content (AvgIpc) is 2.18. The normalized spacial score (nSPS) is 13.2. The molecule has 0 amide bonds. The first-order valence-corrected chi connectivity index (χ1v) is 5.14. The van der Waals surface area contributed by atoms with Gasteiger partial charge in [-0.15, -0.1) is 0 Å². The third-order valence-electron chi connectivity index (χ3n) is 2.30. The molecule has 0 spiro atoms. The van der Waals surface area contributed by atoms with E-state index in [2.05, 4.69) is 36.8 Å². The second-order valence-electron chi connectivity index (χ2n) is 4.13. The van der Waals surface area contributed by atoms with Crippen LogP contribution in [0.1, 0.15) is 38.1 Å². The molecule has 0 fully saturated rings. The number of rotatable bonds is 4. The minimum absolute atomic E-state index is 0.463. The van der Waals surface area contributed by atoms with Gasteiger partial charge in [-0.25, -0.2) is 9.97 Å². The number of aromatic nitrogens is 2. The van der Waals surface area contributed by atoms with Crippen LogP contribution in [0.15, 0.2) is 12.4 Å². The van der Waals surface area contributed by atoms with Crippen LogP contribution >= 0.6 is 0 Å². The molecule has 0 radical (unpaired) electrons. The van der Waals surface area contributed by atoms with E-state index < -0.39 is 0 Å². The third-order valence-corrected chi connectivity index (χ3v) is 2.30. The lowest BCUT2D eigenvalue weighted by Gasteiger charge is -2.09. The van der Waals surface area contributed by atoms with Crippen molar-refractivity contribution in [3.63, 3.8) is 0 Å². The van der Waals surface area contributed by atoms with Gasteiger partial charge in [0.25, 0.3) is 0 Å². The molecule has 0 saturated heterocycles. The van der Waals surface area contributed by atoms with Gasteiger partial charge in [-0.2, -0.15) is 0 Å². The zero-order chi connectivity index (χ0) is 10.6. The smallest absolute Gasteiger partial charge is 0.115 e. The van der Waals surface area contributed by atoms with E-state index in [9.17, 15) is 0 Å². The molecule has 14 heavy (non-hydrogen) atoms. The van der Waals surface area contributed by atoms with Crippen molar-refractivity contribution in [2.45, 2.75) is 33.1 Å². The molecule has 0 aliphatic carbocycles. The Bertz CT molecular complexity index is 284. The van der Waals surface area contributed by atoms with Crippen LogP contribution in [-0.4, -0.2) is 16.5 Å². The largest absolute Gasteiger partial charge is 0.330 e. The Morgan fingerprint density at radius 1 is 1.29 bits per heavy atom. The Labute approximate surface area is 85.8 Å². The maximum absolute atomic E-state index is 5.57. The highest BCUT2D eigenvalue weighted by Crippen LogP contribution is 2.12. The summed E-state index contributed by atoms with van der Waals surface area (Å²) in [5.41, 5.74) is 7.78. The van der Waals surface area contributed by atoms with Gasteiger partial charge in [-0.3, -0.25) is 0 Å². The first kappa shape index (κ1) is 11.1. The lowest BCUT2D eigenvalue weighted by Crippen LogP contribution is -2.14. The highest BCUT2D eigenvalue weighted by Gasteiger charge is 2.06. The van der Waals surface area contributed by atoms with Gasteiger partial charge in [-0.1, -0.05) is 20.8 Å². The minimum Gasteiger partial charge on any atom is -0.330 e. The number of nitrogens with zero attached hydrogens (tertiary/aromatic N) is 2. The molecule has 1 atom stereocenters. The number of hydrogen-bond donors (Lipinski definition) is 1. The third kappa shape index (κ3) is 3.07. The molecular weight excluding hydrogens is 174 g/mol. The van der Waals surface area contributed by atoms with Gasteiger partial charge < -0.3 is 5.73 Å². The fourth-order valence-corrected chi connectivity index (χ4v) is 1.28. The van der Waals surface area contributed by atoms with Gasteiger partial charge >= 0.3 is 0 Å². The average molecular weight is 193 g/mol. The Hall–Kier alpha value is -0.960. The summed E-state index contributed by atoms with van der Waals surface area (Å²) in [7, 11) is 0. The van der Waals surface area contributed by atoms with Gasteiger partial charge in [0.2, 0.25) is 0 Å². The molecule has 1 unspecified atom stereocenters. The van der Waals surface area contributed by atoms with Crippen LogP contribution in [0.4, 0.5) is 0 Å². The summed E-state index contributed by atoms with van der Waals surface area (Å²) in [6.07, 6.45) is 2.59. The van der Waals surface area contributed by atoms with Crippen LogP contribution in [0, 0.1) is 5.92 Å². The summed E-state index contributed by atoms with van der Waals surface area (Å²) in [6.45, 7) is 7.12. The molecule has 1 rings (SSSR count). The molecule has 3 heteroatoms. The molecule has 0 aliphatic heterocycles. The molecule has 1 aromatic rings. The Balaban J connectivity index is 2.73. The SMILES string of the molecule is CC(CN)Cc1cc(C(C)C)ncn1. The van der Waals surface area contributed by atoms with Gasteiger partial charge in [0.1, 0.15) is 6.33 Å². The lowest BCUT2D eigenvalue weighted by molar-refractivity contribution is 0.581. The highest BCUT2D eigenvalue weighted by atomic mass is 14.8. The first-order valence-electron chi connectivity index (χ1n) is 5.14. The fourth-order valence-electron chi connectivity index (χ4n) is 1.28. The van der Waals surface area contributed by atoms with Crippen molar-refractivity contribution in [2.75, 3.05) is 6.54 Å². The maximum atomic E-state index is 5.57. The Morgan fingerprint density at radius 3 is 2.57 bits per heavy atom. The van der Waals surface area contributed by atoms with E-state index in [1.807, 2.05) is 0 Å². The molecule has 78 valence electrons. The zero-order valence-corrected chi connectivity index (χ0v) is 9.20. The molecular formula is C11H19N3. The van der Waals surface area contributed by atoms with Crippen LogP contribution < -0.4 is 5.73 Å². The summed E-state index contributed by atoms with van der Waals surface area (Å²) in [5.74, 6) is 0.954. The summed E-state index contributed by atoms with van der Waals surface area (Å²) in [6, 6.07) is 2.08. The molecule has 2 N–H and O–H groups in total. The van der Waals surface area contributed by atoms with Crippen LogP contribution in [0.5, 0.6) is 0 Å². The molecule has 0 bridgehead atoms. The second kappa shape index (κ2) is 5.05. The van der Waals surface area contributed by atoms with Crippen molar-refractivity contribution in [3.8, 4) is 0 Å². The van der Waals surface area contributed by atoms with Crippen molar-refractivity contribution >= 4 is 0 Å². The van der Waals surface area contributed by atoms with E-state index in [0.717, 1.165) is 17.8 Å². The van der Waals surface area contributed by atoms with Crippen LogP contribution in [-0.2, 0) is 6.42 Å². The van der Waals surface area contributed by atoms with Gasteiger partial charge in [0.15, 0.2) is 0 Å². The number of hydrogen-bond acceptors (Lipinski definition) is 3. The monoisotopic (exact) mass is 193 g/mol. The molecule has 1 aromatic heterocycles. The lowest BCUT2D eigenvalue weighted by atomic mass is 10.0. The van der Waals surface area contributed by atoms with Crippen molar-refractivity contribution in [1.82, 2.24) is 9.97 Å². The molecule has 3 nitrogen and oxygen atoms in total. The van der Waals surface area contributed by atoms with Crippen molar-refractivity contribution in [2.24, 2.45) is 11.7 Å². The van der Waals surface area contributed by atoms with Gasteiger partial charge in [0, 0.05) is 11.4 Å². The first-order chi connectivity index (χ1) is 6.63. The van der Waals surface area contributed by atoms with E-state index in [1.165, 1.54) is 0 Å². The van der Waals surface area contributed by atoms with E-state index in [0.29, 0.717) is 18.4 Å². The maximum Gasteiger partial charge on any atom is 0.115 e. The van der Waals surface area contributed by atoms with Crippen LogP contribution in [0.25, 0.3) is 0 Å². The molecule has 1 heterocycles. The summed E-state index contributed by atoms with van der Waals surface area (Å²) in [5, 5.41) is 0. The number of nitrogens with two attached hydrogens (primary N) is 1. The molecule has 0 aromatic carbocycles. The Morgan fingerprint density at radius 2 is 2.00 bits per heavy atom. The van der Waals surface area contributed by atoms with Crippen LogP contribution in [0.2, 0.25) is 0 Å². The van der Waals surface area contributed by atoms with E-state index in [4.69, 9.17) is 5.73 Å². The van der Waals surface area contributed by atoms with E-state index in [1.54, 1.807) is 6.33 Å². The summed E-state index contributed by atoms with van der Waals surface area (Å²) in [4.78, 5) is 8.47. The fraction of sp³-hybridized carbons (Fsp3) is 0.636. The predicted octanol–water partition coefficient (Wildman–Crippen LogP) is 1.74. The van der Waals surface area contributed by atoms with Crippen LogP contribution in [0.3, 0.4) is 0 Å². The Kier molecular flexibility index (Phi) is 4.01. The second-order valence-corrected chi connectivity index (χ2v) is 4.13. The minimum atomic E-state index is 0.463. The molecule has 0 aliphatic rings. The van der Waals surface area contributed by atoms with E-state index >= 15 is 0 Å². The topological polar surface area (TPSA) is 51.8 Å². The van der Waals surface area contributed by atoms with Crippen molar-refractivity contribution in [3.05, 3.63) is 23.8 Å². The van der Waals surface area contributed by atoms with Gasteiger partial charge in [-0.05, 0) is 30.9 Å². The standard InChI is InChI=1S/C11H19N3/c1-8(2)11-5-10(13-7-14-11)4-9(3)6-12/h5,7-9H,4,6,12H2,1-3H3.